The van der Waals surface area contributed by atoms with Crippen LogP contribution in [0.5, 0.6) is 0 Å². The minimum atomic E-state index is -2.25. The Kier molecular flexibility index (Phi) is 20.5. The minimum Gasteiger partial charge on any atom is -0.481 e. The summed E-state index contributed by atoms with van der Waals surface area (Å²) in [4.78, 5) is 97.4. The molecule has 0 unspecified atom stereocenters. The molecule has 4 aliphatic rings. The molecule has 432 valence electrons. The summed E-state index contributed by atoms with van der Waals surface area (Å²) < 4.78 is 31.4. The number of carboxylic acids is 1. The molecule has 1 saturated heterocycles. The van der Waals surface area contributed by atoms with E-state index in [9.17, 15) is 34.2 Å². The van der Waals surface area contributed by atoms with Crippen LogP contribution in [-0.2, 0) is 47.7 Å². The quantitative estimate of drug-likeness (QED) is 0.0253. The highest BCUT2D eigenvalue weighted by molar-refractivity contribution is 5.95. The van der Waals surface area contributed by atoms with Gasteiger partial charge < -0.3 is 44.3 Å². The SMILES string of the molecule is CC(=O)O[C@@]12CO[C@@H]1C[C@H](O)[C@@]1(C)C(=O)[C@H](C)C3=C(C)[C@@H](OC(=O)[C@H](OC(=O)CCCCCCC/C=C/CCCCCCCC(=O)O)[C@@H](NC(=O)c4ccccc4)c4ccccc4)C[C@@](O)([C@@H](OC(=O)c4ccccc4)[C@H]21)C3(C)C. The van der Waals surface area contributed by atoms with Crippen molar-refractivity contribution in [3.63, 3.8) is 0 Å². The highest BCUT2D eigenvalue weighted by atomic mass is 16.6. The van der Waals surface area contributed by atoms with Crippen molar-refractivity contribution in [2.75, 3.05) is 6.61 Å². The molecule has 16 heteroatoms. The lowest BCUT2D eigenvalue weighted by Crippen LogP contribution is -2.81. The van der Waals surface area contributed by atoms with Crippen LogP contribution in [0.2, 0.25) is 0 Å². The Morgan fingerprint density at radius 1 is 0.762 bits per heavy atom. The number of hydrogen-bond acceptors (Lipinski definition) is 14. The Morgan fingerprint density at radius 3 is 1.88 bits per heavy atom. The Bertz CT molecular complexity index is 2720. The Labute approximate surface area is 470 Å². The van der Waals surface area contributed by atoms with Gasteiger partial charge in [-0.2, -0.15) is 0 Å². The fraction of sp³-hybridized carbons (Fsp3) is 0.547. The number of esters is 4. The van der Waals surface area contributed by atoms with Crippen molar-refractivity contribution in [2.45, 2.75) is 192 Å². The van der Waals surface area contributed by atoms with Crippen molar-refractivity contribution in [2.24, 2.45) is 22.7 Å². The van der Waals surface area contributed by atoms with Gasteiger partial charge in [0.2, 0.25) is 6.10 Å². The molecule has 11 atom stereocenters. The number of carbonyl (C=O) groups excluding carboxylic acids is 6. The highest BCUT2D eigenvalue weighted by Crippen LogP contribution is 2.65. The zero-order valence-electron chi connectivity index (χ0n) is 47.2. The maximum atomic E-state index is 15.6. The van der Waals surface area contributed by atoms with Gasteiger partial charge in [-0.3, -0.25) is 24.0 Å². The summed E-state index contributed by atoms with van der Waals surface area (Å²) in [5.74, 6) is -7.60. The monoisotopic (exact) mass is 1100 g/mol. The molecule has 1 aliphatic heterocycles. The number of rotatable bonds is 26. The van der Waals surface area contributed by atoms with Crippen LogP contribution in [0.15, 0.2) is 114 Å². The lowest BCUT2D eigenvalue weighted by molar-refractivity contribution is -0.345. The number of hydrogen-bond donors (Lipinski definition) is 4. The molecule has 3 aromatic carbocycles. The molecule has 1 amide bonds. The van der Waals surface area contributed by atoms with Gasteiger partial charge in [0.15, 0.2) is 5.60 Å². The Balaban J connectivity index is 1.17. The van der Waals surface area contributed by atoms with Crippen LogP contribution < -0.4 is 5.32 Å². The number of ether oxygens (including phenoxy) is 5. The van der Waals surface area contributed by atoms with Crippen LogP contribution in [0, 0.1) is 22.7 Å². The Morgan fingerprint density at radius 2 is 1.31 bits per heavy atom. The van der Waals surface area contributed by atoms with E-state index in [1.54, 1.807) is 113 Å². The zero-order chi connectivity index (χ0) is 57.8. The number of benzene rings is 3. The first-order chi connectivity index (χ1) is 38.2. The van der Waals surface area contributed by atoms with Crippen LogP contribution in [0.4, 0.5) is 0 Å². The molecule has 4 N–H and O–H groups in total. The molecule has 1 heterocycles. The summed E-state index contributed by atoms with van der Waals surface area (Å²) in [7, 11) is 0. The summed E-state index contributed by atoms with van der Waals surface area (Å²) in [5.41, 5.74) is -5.56. The number of carboxylic acid groups (broad SMARTS) is 1. The van der Waals surface area contributed by atoms with Gasteiger partial charge in [-0.1, -0.05) is 138 Å². The normalized spacial score (nSPS) is 27.4. The maximum Gasteiger partial charge on any atom is 0.350 e. The van der Waals surface area contributed by atoms with Gasteiger partial charge in [0.05, 0.1) is 29.6 Å². The highest BCUT2D eigenvalue weighted by Gasteiger charge is 2.77. The molecular weight excluding hydrogens is 1020 g/mol. The van der Waals surface area contributed by atoms with E-state index in [0.29, 0.717) is 23.1 Å². The molecule has 2 bridgehead atoms. The van der Waals surface area contributed by atoms with Crippen molar-refractivity contribution in [1.82, 2.24) is 5.32 Å². The van der Waals surface area contributed by atoms with E-state index in [0.717, 1.165) is 70.6 Å². The first kappa shape index (κ1) is 61.1. The van der Waals surface area contributed by atoms with E-state index in [4.69, 9.17) is 28.8 Å². The lowest BCUT2D eigenvalue weighted by atomic mass is 9.43. The topological polar surface area (TPSA) is 238 Å². The standard InChI is InChI=1S/C64H81NO15/c1-41-47(39-64(75)57(79-59(73)46-34-26-21-27-35-46)55-62(6,56(71)42(2)52(41)61(64,4)5)48(67)38-49-63(55,40-76-49)80-43(3)66)77-60(74)54(53(44-30-22-19-23-31-44)65-58(72)45-32-24-20-25-33-45)78-51(70)37-29-18-16-14-12-10-8-7-9-11-13-15-17-28-36-50(68)69/h7-8,19-27,30-35,42,47-49,53-55,57,67,75H,9-18,28-29,36-40H2,1-6H3,(H,65,72)(H,68,69)/b8-7+/t42-,47+,48+,49-,53+,54-,55+,57+,62-,63+,64-/m1/s1. The summed E-state index contributed by atoms with van der Waals surface area (Å²) >= 11 is 0. The second-order valence-electron chi connectivity index (χ2n) is 23.0. The molecule has 3 fully saturated rings. The fourth-order valence-electron chi connectivity index (χ4n) is 13.1. The number of fused-ring (bicyclic) bond motifs is 5. The molecule has 0 spiro atoms. The van der Waals surface area contributed by atoms with Gasteiger partial charge in [-0.25, -0.2) is 9.59 Å². The Hall–Kier alpha value is -6.49. The summed E-state index contributed by atoms with van der Waals surface area (Å²) in [6.07, 6.45) is 7.59. The lowest BCUT2D eigenvalue weighted by Gasteiger charge is -2.67. The molecule has 2 saturated carbocycles. The predicted octanol–water partition coefficient (Wildman–Crippen LogP) is 10.1. The maximum absolute atomic E-state index is 15.6. The summed E-state index contributed by atoms with van der Waals surface area (Å²) in [6, 6.07) is 23.7. The number of nitrogens with one attached hydrogen (secondary N) is 1. The number of allylic oxidation sites excluding steroid dienone is 2. The van der Waals surface area contributed by atoms with Gasteiger partial charge in [-0.05, 0) is 93.3 Å². The average molecular weight is 1100 g/mol. The van der Waals surface area contributed by atoms with E-state index in [2.05, 4.69) is 17.5 Å². The van der Waals surface area contributed by atoms with Crippen molar-refractivity contribution < 1.29 is 72.6 Å². The average Bonchev–Trinajstić information content (AvgIpc) is 1.91. The summed E-state index contributed by atoms with van der Waals surface area (Å²) in [6.45, 7) is 9.33. The second-order valence-corrected chi connectivity index (χ2v) is 23.0. The van der Waals surface area contributed by atoms with Crippen LogP contribution in [0.1, 0.15) is 177 Å². The fourth-order valence-corrected chi connectivity index (χ4v) is 13.1. The third kappa shape index (κ3) is 13.3. The number of aliphatic carboxylic acids is 1. The van der Waals surface area contributed by atoms with Crippen LogP contribution in [0.25, 0.3) is 0 Å². The van der Waals surface area contributed by atoms with Crippen LogP contribution in [0.3, 0.4) is 0 Å². The molecule has 3 aromatic rings. The molecule has 3 aliphatic carbocycles. The molecular formula is C64H81NO15. The molecule has 0 aromatic heterocycles. The molecule has 0 radical (unpaired) electrons. The van der Waals surface area contributed by atoms with Gasteiger partial charge in [0, 0.05) is 49.5 Å². The molecule has 16 nitrogen and oxygen atoms in total. The van der Waals surface area contributed by atoms with Crippen LogP contribution >= 0.6 is 0 Å². The number of ketones is 1. The van der Waals surface area contributed by atoms with E-state index in [1.165, 1.54) is 19.1 Å². The number of carbonyl (C=O) groups is 7. The van der Waals surface area contributed by atoms with Crippen molar-refractivity contribution in [3.8, 4) is 0 Å². The second kappa shape index (κ2) is 26.9. The van der Waals surface area contributed by atoms with Crippen molar-refractivity contribution >= 4 is 41.5 Å². The largest absolute Gasteiger partial charge is 0.481 e. The van der Waals surface area contributed by atoms with Crippen molar-refractivity contribution in [1.29, 1.82) is 0 Å². The van der Waals surface area contributed by atoms with E-state index in [-0.39, 0.29) is 37.0 Å². The summed E-state index contributed by atoms with van der Waals surface area (Å²) in [5, 5.41) is 37.9. The number of unbranched alkanes of at least 4 members (excludes halogenated alkanes) is 10. The smallest absolute Gasteiger partial charge is 0.350 e. The first-order valence-electron chi connectivity index (χ1n) is 28.6. The van der Waals surface area contributed by atoms with E-state index < -0.39 is 118 Å². The predicted molar refractivity (Wildman–Crippen MR) is 297 cm³/mol. The number of aliphatic hydroxyl groups is 2. The van der Waals surface area contributed by atoms with Gasteiger partial charge in [0.25, 0.3) is 5.91 Å². The van der Waals surface area contributed by atoms with Gasteiger partial charge >= 0.3 is 29.8 Å². The van der Waals surface area contributed by atoms with Crippen molar-refractivity contribution in [3.05, 3.63) is 131 Å². The van der Waals surface area contributed by atoms with Gasteiger partial charge in [-0.15, -0.1) is 0 Å². The van der Waals surface area contributed by atoms with E-state index in [1.807, 2.05) is 0 Å². The third-order valence-corrected chi connectivity index (χ3v) is 17.4. The van der Waals surface area contributed by atoms with Gasteiger partial charge in [0.1, 0.15) is 35.7 Å². The van der Waals surface area contributed by atoms with E-state index >= 15 is 9.59 Å². The zero-order valence-corrected chi connectivity index (χ0v) is 47.2. The minimum absolute atomic E-state index is 0.0382. The number of amides is 1. The van der Waals surface area contributed by atoms with Crippen LogP contribution in [-0.4, -0.2) is 105 Å². The first-order valence-corrected chi connectivity index (χ1v) is 28.6. The molecule has 80 heavy (non-hydrogen) atoms. The number of Topliss-reactive ketones (excluding diaryl/α,β-unsaturated/α-hetero) is 1. The molecule has 7 rings (SSSR count). The third-order valence-electron chi connectivity index (χ3n) is 17.4. The number of aliphatic hydroxyl groups excluding tert-OH is 1.